The standard InChI is InChI=1S/C18H13FN4O3/c19-11-1-3-12(4-2-11)21-18(24)14-6-8-17(23-22-14)20-13-5-7-15-16(9-13)26-10-25-15/h1-9H,10H2,(H,20,23)(H,21,24). The van der Waals surface area contributed by atoms with E-state index in [1.54, 1.807) is 24.3 Å². The summed E-state index contributed by atoms with van der Waals surface area (Å²) in [5, 5.41) is 13.6. The number of anilines is 3. The molecule has 1 amide bonds. The number of carbonyl (C=O) groups is 1. The number of halogens is 1. The number of carbonyl (C=O) groups excluding carboxylic acids is 1. The molecule has 1 aliphatic rings. The van der Waals surface area contributed by atoms with Gasteiger partial charge in [-0.05, 0) is 48.5 Å². The maximum atomic E-state index is 12.9. The molecule has 2 N–H and O–H groups in total. The lowest BCUT2D eigenvalue weighted by Crippen LogP contribution is -2.14. The van der Waals surface area contributed by atoms with Gasteiger partial charge in [-0.25, -0.2) is 4.39 Å². The number of hydrogen-bond acceptors (Lipinski definition) is 6. The van der Waals surface area contributed by atoms with Gasteiger partial charge in [0.15, 0.2) is 23.0 Å². The number of fused-ring (bicyclic) bond motifs is 1. The average Bonchev–Trinajstić information content (AvgIpc) is 3.12. The number of amides is 1. The second-order valence-corrected chi connectivity index (χ2v) is 5.46. The van der Waals surface area contributed by atoms with Crippen LogP contribution < -0.4 is 20.1 Å². The van der Waals surface area contributed by atoms with E-state index in [1.807, 2.05) is 6.07 Å². The van der Waals surface area contributed by atoms with Crippen LogP contribution in [0, 0.1) is 5.82 Å². The largest absolute Gasteiger partial charge is 0.454 e. The first-order valence-corrected chi connectivity index (χ1v) is 7.75. The van der Waals surface area contributed by atoms with E-state index in [1.165, 1.54) is 24.3 Å². The maximum Gasteiger partial charge on any atom is 0.276 e. The predicted octanol–water partition coefficient (Wildman–Crippen LogP) is 3.34. The van der Waals surface area contributed by atoms with Crippen LogP contribution in [0.25, 0.3) is 0 Å². The second-order valence-electron chi connectivity index (χ2n) is 5.46. The minimum atomic E-state index is -0.432. The van der Waals surface area contributed by atoms with E-state index in [9.17, 15) is 9.18 Å². The zero-order valence-corrected chi connectivity index (χ0v) is 13.4. The fourth-order valence-corrected chi connectivity index (χ4v) is 2.37. The van der Waals surface area contributed by atoms with Gasteiger partial charge in [0.25, 0.3) is 5.91 Å². The normalized spacial score (nSPS) is 11.9. The summed E-state index contributed by atoms with van der Waals surface area (Å²) in [4.78, 5) is 12.1. The molecule has 0 bridgehead atoms. The summed E-state index contributed by atoms with van der Waals surface area (Å²) in [6.07, 6.45) is 0. The van der Waals surface area contributed by atoms with E-state index < -0.39 is 5.91 Å². The molecule has 0 aliphatic carbocycles. The monoisotopic (exact) mass is 352 g/mol. The summed E-state index contributed by atoms with van der Waals surface area (Å²) in [5.41, 5.74) is 1.37. The van der Waals surface area contributed by atoms with Gasteiger partial charge >= 0.3 is 0 Å². The van der Waals surface area contributed by atoms with Gasteiger partial charge in [-0.2, -0.15) is 0 Å². The molecule has 8 heteroatoms. The van der Waals surface area contributed by atoms with Crippen LogP contribution in [0.1, 0.15) is 10.5 Å². The highest BCUT2D eigenvalue weighted by Crippen LogP contribution is 2.34. The average molecular weight is 352 g/mol. The summed E-state index contributed by atoms with van der Waals surface area (Å²) in [6.45, 7) is 0.205. The third kappa shape index (κ3) is 3.39. The van der Waals surface area contributed by atoms with E-state index in [0.29, 0.717) is 23.0 Å². The van der Waals surface area contributed by atoms with E-state index in [0.717, 1.165) is 5.69 Å². The quantitative estimate of drug-likeness (QED) is 0.749. The molecule has 0 unspecified atom stereocenters. The Morgan fingerprint density at radius 3 is 2.46 bits per heavy atom. The Bertz CT molecular complexity index is 946. The van der Waals surface area contributed by atoms with Gasteiger partial charge in [0.1, 0.15) is 5.82 Å². The molecular weight excluding hydrogens is 339 g/mol. The van der Waals surface area contributed by atoms with Gasteiger partial charge in [0.05, 0.1) is 0 Å². The summed E-state index contributed by atoms with van der Waals surface area (Å²) in [6, 6.07) is 14.1. The van der Waals surface area contributed by atoms with Crippen LogP contribution in [0.5, 0.6) is 11.5 Å². The molecule has 0 saturated heterocycles. The molecule has 0 saturated carbocycles. The van der Waals surface area contributed by atoms with Crippen LogP contribution in [-0.4, -0.2) is 22.9 Å². The first-order valence-electron chi connectivity index (χ1n) is 7.75. The van der Waals surface area contributed by atoms with Crippen molar-refractivity contribution >= 4 is 23.1 Å². The predicted molar refractivity (Wildman–Crippen MR) is 92.2 cm³/mol. The maximum absolute atomic E-state index is 12.9. The SMILES string of the molecule is O=C(Nc1ccc(F)cc1)c1ccc(Nc2ccc3c(c2)OCO3)nn1. The van der Waals surface area contributed by atoms with Crippen LogP contribution in [0.2, 0.25) is 0 Å². The van der Waals surface area contributed by atoms with Crippen molar-refractivity contribution in [2.45, 2.75) is 0 Å². The van der Waals surface area contributed by atoms with Crippen molar-refractivity contribution in [3.8, 4) is 11.5 Å². The molecule has 0 radical (unpaired) electrons. The Labute approximate surface area is 147 Å². The molecule has 7 nitrogen and oxygen atoms in total. The van der Waals surface area contributed by atoms with Crippen molar-refractivity contribution in [2.75, 3.05) is 17.4 Å². The summed E-state index contributed by atoms with van der Waals surface area (Å²) < 4.78 is 23.5. The Hall–Kier alpha value is -3.68. The zero-order chi connectivity index (χ0) is 17.9. The molecule has 130 valence electrons. The number of rotatable bonds is 4. The molecule has 1 aromatic heterocycles. The van der Waals surface area contributed by atoms with Crippen LogP contribution in [-0.2, 0) is 0 Å². The van der Waals surface area contributed by atoms with Crippen LogP contribution >= 0.6 is 0 Å². The van der Waals surface area contributed by atoms with Crippen LogP contribution in [0.3, 0.4) is 0 Å². The van der Waals surface area contributed by atoms with Crippen molar-refractivity contribution in [1.82, 2.24) is 10.2 Å². The molecule has 2 heterocycles. The summed E-state index contributed by atoms with van der Waals surface area (Å²) in [5.74, 6) is 1.01. The Morgan fingerprint density at radius 1 is 0.923 bits per heavy atom. The number of nitrogens with zero attached hydrogens (tertiary/aromatic N) is 2. The van der Waals surface area contributed by atoms with Crippen molar-refractivity contribution in [3.63, 3.8) is 0 Å². The van der Waals surface area contributed by atoms with E-state index >= 15 is 0 Å². The molecule has 26 heavy (non-hydrogen) atoms. The fourth-order valence-electron chi connectivity index (χ4n) is 2.37. The lowest BCUT2D eigenvalue weighted by Gasteiger charge is -2.07. The highest BCUT2D eigenvalue weighted by Gasteiger charge is 2.14. The summed E-state index contributed by atoms with van der Waals surface area (Å²) >= 11 is 0. The second kappa shape index (κ2) is 6.67. The first-order chi connectivity index (χ1) is 12.7. The first kappa shape index (κ1) is 15.8. The van der Waals surface area contributed by atoms with Crippen LogP contribution in [0.4, 0.5) is 21.6 Å². The third-order valence-corrected chi connectivity index (χ3v) is 3.64. The van der Waals surface area contributed by atoms with Crippen molar-refractivity contribution in [1.29, 1.82) is 0 Å². The van der Waals surface area contributed by atoms with Gasteiger partial charge in [0.2, 0.25) is 6.79 Å². The smallest absolute Gasteiger partial charge is 0.276 e. The molecule has 1 aliphatic heterocycles. The molecule has 0 spiro atoms. The Kier molecular flexibility index (Phi) is 4.06. The Balaban J connectivity index is 1.43. The van der Waals surface area contributed by atoms with E-state index in [4.69, 9.17) is 9.47 Å². The van der Waals surface area contributed by atoms with Crippen molar-refractivity contribution in [3.05, 3.63) is 66.1 Å². The number of nitrogens with one attached hydrogen (secondary N) is 2. The van der Waals surface area contributed by atoms with Gasteiger partial charge in [-0.15, -0.1) is 10.2 Å². The molecular formula is C18H13FN4O3. The molecule has 0 atom stereocenters. The fraction of sp³-hybridized carbons (Fsp3) is 0.0556. The van der Waals surface area contributed by atoms with Crippen molar-refractivity contribution in [2.24, 2.45) is 0 Å². The molecule has 2 aromatic carbocycles. The minimum Gasteiger partial charge on any atom is -0.454 e. The van der Waals surface area contributed by atoms with Gasteiger partial charge < -0.3 is 20.1 Å². The topological polar surface area (TPSA) is 85.4 Å². The molecule has 0 fully saturated rings. The lowest BCUT2D eigenvalue weighted by molar-refractivity contribution is 0.102. The molecule has 3 aromatic rings. The number of hydrogen-bond donors (Lipinski definition) is 2. The van der Waals surface area contributed by atoms with E-state index in [2.05, 4.69) is 20.8 Å². The third-order valence-electron chi connectivity index (χ3n) is 3.64. The Morgan fingerprint density at radius 2 is 1.69 bits per heavy atom. The van der Waals surface area contributed by atoms with E-state index in [-0.39, 0.29) is 18.3 Å². The highest BCUT2D eigenvalue weighted by molar-refractivity contribution is 6.02. The number of aromatic nitrogens is 2. The number of ether oxygens (including phenoxy) is 2. The number of benzene rings is 2. The van der Waals surface area contributed by atoms with Gasteiger partial charge in [-0.3, -0.25) is 4.79 Å². The lowest BCUT2D eigenvalue weighted by atomic mass is 10.2. The zero-order valence-electron chi connectivity index (χ0n) is 13.4. The minimum absolute atomic E-state index is 0.144. The summed E-state index contributed by atoms with van der Waals surface area (Å²) in [7, 11) is 0. The van der Waals surface area contributed by atoms with Crippen LogP contribution in [0.15, 0.2) is 54.6 Å². The highest BCUT2D eigenvalue weighted by atomic mass is 19.1. The van der Waals surface area contributed by atoms with Crippen molar-refractivity contribution < 1.29 is 18.7 Å². The van der Waals surface area contributed by atoms with Gasteiger partial charge in [-0.1, -0.05) is 0 Å². The van der Waals surface area contributed by atoms with Gasteiger partial charge in [0, 0.05) is 17.4 Å². The molecule has 4 rings (SSSR count).